The molecule has 322 valence electrons. The van der Waals surface area contributed by atoms with E-state index >= 15 is 0 Å². The van der Waals surface area contributed by atoms with Crippen LogP contribution in [0.25, 0.3) is 11.2 Å². The normalized spacial score (nSPS) is 21.1. The number of terminal acetylenes is 1. The average molecular weight is 855 g/mol. The van der Waals surface area contributed by atoms with Gasteiger partial charge in [0.15, 0.2) is 40.7 Å². The number of anilines is 1. The molecule has 1 aromatic carbocycles. The van der Waals surface area contributed by atoms with E-state index in [2.05, 4.69) is 31.3 Å². The van der Waals surface area contributed by atoms with E-state index in [1.807, 2.05) is 0 Å². The van der Waals surface area contributed by atoms with Gasteiger partial charge < -0.3 is 37.4 Å². The van der Waals surface area contributed by atoms with Crippen LogP contribution in [0.5, 0.6) is 5.75 Å². The maximum absolute atomic E-state index is 14.3. The summed E-state index contributed by atoms with van der Waals surface area (Å²) in [4.78, 5) is 63.1. The summed E-state index contributed by atoms with van der Waals surface area (Å²) in [5.41, 5.74) is -2.91. The van der Waals surface area contributed by atoms with Crippen molar-refractivity contribution in [3.8, 4) is 18.1 Å². The number of carbonyl (C=O) groups is 3. The molecular formula is C39H47N6O14P. The second-order valence-electron chi connectivity index (χ2n) is 15.1. The number of aryl methyl sites for hydroxylation is 2. The van der Waals surface area contributed by atoms with Gasteiger partial charge in [0, 0.05) is 6.42 Å². The number of aliphatic hydroxyl groups excluding tert-OH is 1. The smallest absolute Gasteiger partial charge is 0.461 e. The lowest BCUT2D eigenvalue weighted by molar-refractivity contribution is -0.152. The number of nitrogens with one attached hydrogen (secondary N) is 2. The van der Waals surface area contributed by atoms with Gasteiger partial charge in [0.2, 0.25) is 0 Å². The molecule has 1 amide bonds. The van der Waals surface area contributed by atoms with E-state index in [0.717, 1.165) is 32.1 Å². The molecule has 0 bridgehead atoms. The first kappa shape index (κ1) is 44.0. The summed E-state index contributed by atoms with van der Waals surface area (Å²) in [6, 6.07) is 7.07. The van der Waals surface area contributed by atoms with E-state index in [0.29, 0.717) is 0 Å². The van der Waals surface area contributed by atoms with Crippen molar-refractivity contribution in [1.82, 2.24) is 24.6 Å². The minimum absolute atomic E-state index is 0.0311. The number of fused-ring (bicyclic) bond motifs is 1. The van der Waals surface area contributed by atoms with Gasteiger partial charge >= 0.3 is 31.6 Å². The SMILES string of the molecule is C#C[C@]1(COP(=O)(N[C@@H](C)C(=O)OC2CCCCC2)Oc2ccccc2)O[C@@H](n2cnc3c(NC(=O)OC(C)(C)CC(=O)OCc4oc(=O)oc4C)nc(C)nc32)C[C@@H]1O. The largest absolute Gasteiger partial charge is 0.519 e. The van der Waals surface area contributed by atoms with Crippen molar-refractivity contribution in [2.24, 2.45) is 0 Å². The van der Waals surface area contributed by atoms with E-state index in [9.17, 15) is 28.8 Å². The van der Waals surface area contributed by atoms with Gasteiger partial charge in [-0.1, -0.05) is 30.5 Å². The fourth-order valence-corrected chi connectivity index (χ4v) is 8.16. The Morgan fingerprint density at radius 1 is 1.13 bits per heavy atom. The summed E-state index contributed by atoms with van der Waals surface area (Å²) in [5, 5.41) is 16.5. The van der Waals surface area contributed by atoms with Crippen molar-refractivity contribution in [2.45, 2.75) is 122 Å². The molecule has 1 aliphatic carbocycles. The monoisotopic (exact) mass is 854 g/mol. The molecule has 3 aromatic heterocycles. The second-order valence-corrected chi connectivity index (χ2v) is 16.8. The zero-order valence-electron chi connectivity index (χ0n) is 33.7. The molecule has 2 aliphatic rings. The van der Waals surface area contributed by atoms with Crippen LogP contribution in [-0.4, -0.2) is 78.7 Å². The lowest BCUT2D eigenvalue weighted by Gasteiger charge is -2.30. The first-order valence-electron chi connectivity index (χ1n) is 19.2. The number of imidazole rings is 1. The molecule has 2 fully saturated rings. The van der Waals surface area contributed by atoms with Crippen LogP contribution in [-0.2, 0) is 44.2 Å². The third-order valence-electron chi connectivity index (χ3n) is 9.71. The highest BCUT2D eigenvalue weighted by atomic mass is 31.2. The summed E-state index contributed by atoms with van der Waals surface area (Å²) in [6.45, 7) is 6.53. The number of aromatic nitrogens is 4. The van der Waals surface area contributed by atoms with Crippen molar-refractivity contribution >= 4 is 42.8 Å². The van der Waals surface area contributed by atoms with Crippen molar-refractivity contribution < 1.29 is 60.9 Å². The van der Waals surface area contributed by atoms with Crippen LogP contribution >= 0.6 is 7.75 Å². The van der Waals surface area contributed by atoms with Crippen LogP contribution in [0, 0.1) is 26.2 Å². The Morgan fingerprint density at radius 2 is 1.87 bits per heavy atom. The molecule has 0 radical (unpaired) electrons. The molecule has 20 nitrogen and oxygen atoms in total. The summed E-state index contributed by atoms with van der Waals surface area (Å²) in [5.74, 6) is 0.735. The Hall–Kier alpha value is -5.58. The van der Waals surface area contributed by atoms with Crippen molar-refractivity contribution in [1.29, 1.82) is 0 Å². The highest BCUT2D eigenvalue weighted by Gasteiger charge is 2.50. The number of aliphatic hydroxyl groups is 1. The van der Waals surface area contributed by atoms with Crippen molar-refractivity contribution in [3.05, 3.63) is 64.6 Å². The first-order chi connectivity index (χ1) is 28.5. The minimum Gasteiger partial charge on any atom is -0.461 e. The summed E-state index contributed by atoms with van der Waals surface area (Å²) >= 11 is 0. The standard InChI is InChI=1S/C39H47N6O14P/c1-7-39(21-53-60(51,59-27-16-12-9-13-17-27)44-23(2)35(48)55-26-14-10-8-11-15-26)29(46)18-30(57-39)45-22-40-32-33(41-25(4)42-34(32)45)43-36(49)58-38(5,6)19-31(47)52-20-28-24(3)54-37(50)56-28/h1,9,12-13,16-17,22-23,26,29-30,46H,8,10-11,14-15,18-21H2,2-6H3,(H,44,51)(H,41,42,43,49)/t23-,29-,30+,39+,60?/m0/s1. The quantitative estimate of drug-likeness (QED) is 0.0569. The molecule has 1 saturated heterocycles. The van der Waals surface area contributed by atoms with E-state index in [4.69, 9.17) is 43.3 Å². The number of esters is 2. The molecule has 6 rings (SSSR count). The Morgan fingerprint density at radius 3 is 2.55 bits per heavy atom. The van der Waals surface area contributed by atoms with Crippen molar-refractivity contribution in [3.63, 3.8) is 0 Å². The lowest BCUT2D eigenvalue weighted by Crippen LogP contribution is -2.44. The summed E-state index contributed by atoms with van der Waals surface area (Å²) < 4.78 is 59.6. The highest BCUT2D eigenvalue weighted by molar-refractivity contribution is 7.52. The Labute approximate surface area is 344 Å². The van der Waals surface area contributed by atoms with Gasteiger partial charge in [-0.3, -0.25) is 24.0 Å². The highest BCUT2D eigenvalue weighted by Crippen LogP contribution is 2.48. The van der Waals surface area contributed by atoms with Crippen LogP contribution in [0.15, 0.2) is 50.3 Å². The predicted molar refractivity (Wildman–Crippen MR) is 209 cm³/mol. The van der Waals surface area contributed by atoms with Gasteiger partial charge in [-0.2, -0.15) is 5.09 Å². The maximum atomic E-state index is 14.3. The number of ether oxygens (including phenoxy) is 4. The molecule has 1 saturated carbocycles. The molecule has 21 heteroatoms. The predicted octanol–water partition coefficient (Wildman–Crippen LogP) is 5.16. The third kappa shape index (κ3) is 10.8. The van der Waals surface area contributed by atoms with Gasteiger partial charge in [-0.05, 0) is 72.4 Å². The van der Waals surface area contributed by atoms with Gasteiger partial charge in [-0.15, -0.1) is 6.42 Å². The molecule has 5 atom stereocenters. The fourth-order valence-electron chi connectivity index (χ4n) is 6.64. The molecular weight excluding hydrogens is 807 g/mol. The van der Waals surface area contributed by atoms with E-state index < -0.39 is 67.8 Å². The molecule has 1 unspecified atom stereocenters. The molecule has 60 heavy (non-hydrogen) atoms. The number of para-hydroxylation sites is 1. The number of nitrogens with zero attached hydrogens (tertiary/aromatic N) is 4. The number of hydrogen-bond acceptors (Lipinski definition) is 17. The number of benzene rings is 1. The fraction of sp³-hybridized carbons (Fsp3) is 0.513. The Kier molecular flexibility index (Phi) is 13.5. The van der Waals surface area contributed by atoms with E-state index in [1.54, 1.807) is 37.3 Å². The lowest BCUT2D eigenvalue weighted by atomic mass is 9.98. The zero-order valence-corrected chi connectivity index (χ0v) is 34.6. The van der Waals surface area contributed by atoms with Gasteiger partial charge in [0.25, 0.3) is 0 Å². The molecule has 4 heterocycles. The van der Waals surface area contributed by atoms with Crippen LogP contribution in [0.2, 0.25) is 0 Å². The number of rotatable bonds is 16. The third-order valence-corrected chi connectivity index (χ3v) is 11.3. The topological polar surface area (TPSA) is 255 Å². The van der Waals surface area contributed by atoms with Crippen LogP contribution in [0.4, 0.5) is 10.6 Å². The average Bonchev–Trinajstić information content (AvgIpc) is 3.86. The van der Waals surface area contributed by atoms with Crippen LogP contribution in [0.1, 0.15) is 89.3 Å². The first-order valence-corrected chi connectivity index (χ1v) is 20.8. The van der Waals surface area contributed by atoms with Crippen LogP contribution in [0.3, 0.4) is 0 Å². The molecule has 3 N–H and O–H groups in total. The molecule has 1 aliphatic heterocycles. The summed E-state index contributed by atoms with van der Waals surface area (Å²) in [7, 11) is -4.40. The van der Waals surface area contributed by atoms with Crippen molar-refractivity contribution in [2.75, 3.05) is 11.9 Å². The number of carbonyl (C=O) groups excluding carboxylic acids is 3. The van der Waals surface area contributed by atoms with Crippen LogP contribution < -0.4 is 20.8 Å². The Bertz CT molecular complexity index is 2330. The second kappa shape index (κ2) is 18.4. The zero-order chi connectivity index (χ0) is 43.2. The van der Waals surface area contributed by atoms with Gasteiger partial charge in [0.05, 0.1) is 12.7 Å². The Balaban J connectivity index is 1.12. The minimum atomic E-state index is -4.40. The number of amides is 1. The maximum Gasteiger partial charge on any atom is 0.519 e. The van der Waals surface area contributed by atoms with E-state index in [-0.39, 0.29) is 65.6 Å². The van der Waals surface area contributed by atoms with E-state index in [1.165, 1.54) is 38.6 Å². The summed E-state index contributed by atoms with van der Waals surface area (Å²) in [6.07, 6.45) is 7.75. The molecule has 0 spiro atoms. The number of hydrogen-bond donors (Lipinski definition) is 3. The molecule has 4 aromatic rings. The van der Waals surface area contributed by atoms with Gasteiger partial charge in [0.1, 0.15) is 48.3 Å². The van der Waals surface area contributed by atoms with Gasteiger partial charge in [-0.25, -0.2) is 29.1 Å².